The summed E-state index contributed by atoms with van der Waals surface area (Å²) >= 11 is 0. The minimum Gasteiger partial charge on any atom is -0.465 e. The van der Waals surface area contributed by atoms with E-state index in [0.29, 0.717) is 12.1 Å². The average Bonchev–Trinajstić information content (AvgIpc) is 2.31. The van der Waals surface area contributed by atoms with Crippen LogP contribution >= 0.6 is 12.4 Å². The molecule has 0 aromatic rings. The van der Waals surface area contributed by atoms with E-state index in [2.05, 4.69) is 0 Å². The van der Waals surface area contributed by atoms with E-state index < -0.39 is 6.09 Å². The van der Waals surface area contributed by atoms with Crippen molar-refractivity contribution in [3.63, 3.8) is 0 Å². The van der Waals surface area contributed by atoms with Gasteiger partial charge >= 0.3 is 6.09 Å². The third-order valence-corrected chi connectivity index (χ3v) is 4.16. The minimum absolute atomic E-state index is 0. The van der Waals surface area contributed by atoms with E-state index in [0.717, 1.165) is 25.7 Å². The number of halogens is 1. The number of carboxylic acid groups (broad SMARTS) is 1. The van der Waals surface area contributed by atoms with Crippen molar-refractivity contribution in [2.75, 3.05) is 0 Å². The lowest BCUT2D eigenvalue weighted by atomic mass is 9.89. The lowest BCUT2D eigenvalue weighted by molar-refractivity contribution is 0.0705. The molecule has 0 atom stereocenters. The van der Waals surface area contributed by atoms with E-state index in [-0.39, 0.29) is 12.4 Å². The maximum atomic E-state index is 11.4. The maximum absolute atomic E-state index is 11.4. The molecule has 4 heteroatoms. The molecule has 0 aromatic heterocycles. The predicted molar refractivity (Wildman–Crippen MR) is 70.9 cm³/mol. The molecule has 100 valence electrons. The van der Waals surface area contributed by atoms with E-state index >= 15 is 0 Å². The van der Waals surface area contributed by atoms with Gasteiger partial charge in [0.1, 0.15) is 0 Å². The summed E-state index contributed by atoms with van der Waals surface area (Å²) in [5.41, 5.74) is 0. The smallest absolute Gasteiger partial charge is 0.407 e. The zero-order valence-electron chi connectivity index (χ0n) is 10.4. The molecule has 1 amide bonds. The summed E-state index contributed by atoms with van der Waals surface area (Å²) in [4.78, 5) is 13.2. The summed E-state index contributed by atoms with van der Waals surface area (Å²) in [6.07, 6.45) is 11.1. The van der Waals surface area contributed by atoms with Crippen LogP contribution in [0.5, 0.6) is 0 Å². The molecule has 0 heterocycles. The molecule has 2 fully saturated rings. The van der Waals surface area contributed by atoms with Gasteiger partial charge in [-0.2, -0.15) is 0 Å². The Labute approximate surface area is 110 Å². The van der Waals surface area contributed by atoms with Crippen molar-refractivity contribution in [1.29, 1.82) is 0 Å². The van der Waals surface area contributed by atoms with Gasteiger partial charge in [0, 0.05) is 12.1 Å². The van der Waals surface area contributed by atoms with Crippen LogP contribution < -0.4 is 0 Å². The highest BCUT2D eigenvalue weighted by molar-refractivity contribution is 5.85. The van der Waals surface area contributed by atoms with Crippen LogP contribution in [0.2, 0.25) is 0 Å². The Hall–Kier alpha value is -0.440. The van der Waals surface area contributed by atoms with E-state index in [1.165, 1.54) is 38.5 Å². The lowest BCUT2D eigenvalue weighted by Crippen LogP contribution is -2.48. The lowest BCUT2D eigenvalue weighted by Gasteiger charge is -2.39. The van der Waals surface area contributed by atoms with Gasteiger partial charge in [0.15, 0.2) is 0 Å². The number of rotatable bonds is 2. The van der Waals surface area contributed by atoms with E-state index in [4.69, 9.17) is 0 Å². The van der Waals surface area contributed by atoms with Crippen molar-refractivity contribution < 1.29 is 9.90 Å². The number of amides is 1. The molecule has 2 aliphatic carbocycles. The highest BCUT2D eigenvalue weighted by atomic mass is 35.5. The van der Waals surface area contributed by atoms with Gasteiger partial charge in [0.25, 0.3) is 0 Å². The number of carbonyl (C=O) groups is 1. The van der Waals surface area contributed by atoms with Crippen molar-refractivity contribution in [3.8, 4) is 0 Å². The highest BCUT2D eigenvalue weighted by Crippen LogP contribution is 2.30. The second kappa shape index (κ2) is 7.10. The normalized spacial score (nSPS) is 22.8. The topological polar surface area (TPSA) is 40.5 Å². The fourth-order valence-electron chi connectivity index (χ4n) is 3.33. The molecule has 17 heavy (non-hydrogen) atoms. The molecule has 0 saturated heterocycles. The van der Waals surface area contributed by atoms with Crippen LogP contribution in [0.4, 0.5) is 4.79 Å². The van der Waals surface area contributed by atoms with E-state index in [1.54, 1.807) is 4.90 Å². The first-order chi connectivity index (χ1) is 7.79. The van der Waals surface area contributed by atoms with Crippen molar-refractivity contribution in [1.82, 2.24) is 4.90 Å². The number of nitrogens with zero attached hydrogens (tertiary/aromatic N) is 1. The Morgan fingerprint density at radius 1 is 0.824 bits per heavy atom. The van der Waals surface area contributed by atoms with Gasteiger partial charge in [-0.05, 0) is 25.7 Å². The zero-order valence-corrected chi connectivity index (χ0v) is 11.3. The molecule has 2 saturated carbocycles. The van der Waals surface area contributed by atoms with Crippen molar-refractivity contribution in [3.05, 3.63) is 0 Å². The fourth-order valence-corrected chi connectivity index (χ4v) is 3.33. The van der Waals surface area contributed by atoms with E-state index in [9.17, 15) is 9.90 Å². The number of hydrogen-bond acceptors (Lipinski definition) is 1. The molecule has 0 aromatic carbocycles. The summed E-state index contributed by atoms with van der Waals surface area (Å²) in [6.45, 7) is 0. The molecule has 2 rings (SSSR count). The highest BCUT2D eigenvalue weighted by Gasteiger charge is 2.31. The van der Waals surface area contributed by atoms with Gasteiger partial charge < -0.3 is 10.0 Å². The predicted octanol–water partition coefficient (Wildman–Crippen LogP) is 4.05. The van der Waals surface area contributed by atoms with Crippen molar-refractivity contribution in [2.45, 2.75) is 76.3 Å². The van der Waals surface area contributed by atoms with Crippen molar-refractivity contribution >= 4 is 18.5 Å². The quantitative estimate of drug-likeness (QED) is 0.815. The Kier molecular flexibility index (Phi) is 6.10. The minimum atomic E-state index is -0.682. The maximum Gasteiger partial charge on any atom is 0.407 e. The molecular formula is C13H24ClNO2. The first-order valence-electron chi connectivity index (χ1n) is 6.80. The summed E-state index contributed by atoms with van der Waals surface area (Å²) in [6, 6.07) is 0.628. The number of hydrogen-bond donors (Lipinski definition) is 1. The fraction of sp³-hybridized carbons (Fsp3) is 0.923. The second-order valence-corrected chi connectivity index (χ2v) is 5.27. The Bertz CT molecular complexity index is 218. The zero-order chi connectivity index (χ0) is 11.4. The van der Waals surface area contributed by atoms with E-state index in [1.807, 2.05) is 0 Å². The van der Waals surface area contributed by atoms with Gasteiger partial charge in [-0.15, -0.1) is 12.4 Å². The molecule has 1 N–H and O–H groups in total. The molecule has 2 aliphatic rings. The second-order valence-electron chi connectivity index (χ2n) is 5.27. The molecule has 0 spiro atoms. The van der Waals surface area contributed by atoms with Gasteiger partial charge in [-0.3, -0.25) is 0 Å². The summed E-state index contributed by atoms with van der Waals surface area (Å²) < 4.78 is 0. The van der Waals surface area contributed by atoms with Crippen LogP contribution in [0.15, 0.2) is 0 Å². The van der Waals surface area contributed by atoms with Crippen LogP contribution in [0.1, 0.15) is 64.2 Å². The molecule has 0 aliphatic heterocycles. The van der Waals surface area contributed by atoms with Gasteiger partial charge in [-0.1, -0.05) is 38.5 Å². The molecule has 0 bridgehead atoms. The monoisotopic (exact) mass is 261 g/mol. The van der Waals surface area contributed by atoms with Crippen LogP contribution in [-0.2, 0) is 0 Å². The van der Waals surface area contributed by atoms with Gasteiger partial charge in [0.2, 0.25) is 0 Å². The molecule has 3 nitrogen and oxygen atoms in total. The van der Waals surface area contributed by atoms with Gasteiger partial charge in [-0.25, -0.2) is 4.79 Å². The average molecular weight is 262 g/mol. The summed E-state index contributed by atoms with van der Waals surface area (Å²) in [5, 5.41) is 9.40. The third-order valence-electron chi connectivity index (χ3n) is 4.16. The molecule has 0 unspecified atom stereocenters. The SMILES string of the molecule is Cl.O=C(O)N(C1CCCCC1)C1CCCCC1. The Balaban J connectivity index is 0.00000144. The first-order valence-corrected chi connectivity index (χ1v) is 6.80. The first kappa shape index (κ1) is 14.6. The molecule has 0 radical (unpaired) electrons. The van der Waals surface area contributed by atoms with Crippen LogP contribution in [0, 0.1) is 0 Å². The molecular weight excluding hydrogens is 238 g/mol. The van der Waals surface area contributed by atoms with Crippen LogP contribution in [0.3, 0.4) is 0 Å². The summed E-state index contributed by atoms with van der Waals surface area (Å²) in [5.74, 6) is 0. The Morgan fingerprint density at radius 2 is 1.18 bits per heavy atom. The van der Waals surface area contributed by atoms with Crippen LogP contribution in [-0.4, -0.2) is 28.2 Å². The standard InChI is InChI=1S/C13H23NO2.ClH/c15-13(16)14(11-7-3-1-4-8-11)12-9-5-2-6-10-12;/h11-12H,1-10H2,(H,15,16);1H. The van der Waals surface area contributed by atoms with Crippen molar-refractivity contribution in [2.24, 2.45) is 0 Å². The summed E-state index contributed by atoms with van der Waals surface area (Å²) in [7, 11) is 0. The van der Waals surface area contributed by atoms with Gasteiger partial charge in [0.05, 0.1) is 0 Å². The third kappa shape index (κ3) is 3.77. The Morgan fingerprint density at radius 3 is 1.47 bits per heavy atom. The van der Waals surface area contributed by atoms with Crippen LogP contribution in [0.25, 0.3) is 0 Å². The largest absolute Gasteiger partial charge is 0.465 e.